The lowest BCUT2D eigenvalue weighted by Crippen LogP contribution is -2.42. The third-order valence-corrected chi connectivity index (χ3v) is 5.25. The first-order valence-corrected chi connectivity index (χ1v) is 9.43. The van der Waals surface area contributed by atoms with Crippen molar-refractivity contribution < 1.29 is 14.3 Å². The minimum Gasteiger partial charge on any atom is -0.469 e. The van der Waals surface area contributed by atoms with Crippen LogP contribution < -0.4 is 0 Å². The maximum absolute atomic E-state index is 11.6. The highest BCUT2D eigenvalue weighted by atomic mass is 16.5. The Hall–Kier alpha value is -1.43. The fraction of sp³-hybridized carbons (Fsp3) is 0.650. The van der Waals surface area contributed by atoms with Gasteiger partial charge in [-0.3, -0.25) is 14.6 Å². The summed E-state index contributed by atoms with van der Waals surface area (Å²) in [5.74, 6) is -0.107. The fourth-order valence-corrected chi connectivity index (χ4v) is 3.97. The lowest BCUT2D eigenvalue weighted by Gasteiger charge is -2.30. The molecule has 5 nitrogen and oxygen atoms in total. The van der Waals surface area contributed by atoms with E-state index in [1.54, 1.807) is 0 Å². The lowest BCUT2D eigenvalue weighted by atomic mass is 10.1. The summed E-state index contributed by atoms with van der Waals surface area (Å²) in [7, 11) is 1.47. The summed E-state index contributed by atoms with van der Waals surface area (Å²) in [4.78, 5) is 16.6. The van der Waals surface area contributed by atoms with E-state index in [1.165, 1.54) is 12.7 Å². The van der Waals surface area contributed by atoms with Crippen LogP contribution >= 0.6 is 0 Å². The number of hydrogen-bond donors (Lipinski definition) is 0. The third kappa shape index (κ3) is 5.53. The topological polar surface area (TPSA) is 42.0 Å². The van der Waals surface area contributed by atoms with E-state index in [1.807, 2.05) is 0 Å². The maximum atomic E-state index is 11.6. The van der Waals surface area contributed by atoms with Gasteiger partial charge < -0.3 is 9.47 Å². The number of nitrogens with zero attached hydrogens (tertiary/aromatic N) is 2. The van der Waals surface area contributed by atoms with Crippen LogP contribution in [0.4, 0.5) is 0 Å². The van der Waals surface area contributed by atoms with Crippen LogP contribution in [0.1, 0.15) is 31.2 Å². The van der Waals surface area contributed by atoms with Gasteiger partial charge in [0.2, 0.25) is 0 Å². The number of esters is 1. The van der Waals surface area contributed by atoms with Crippen molar-refractivity contribution in [1.29, 1.82) is 0 Å². The normalized spacial score (nSPS) is 25.6. The van der Waals surface area contributed by atoms with Crippen LogP contribution in [0.25, 0.3) is 0 Å². The summed E-state index contributed by atoms with van der Waals surface area (Å²) in [6, 6.07) is 10.9. The number of carbonyl (C=O) groups is 1. The van der Waals surface area contributed by atoms with Gasteiger partial charge in [-0.15, -0.1) is 0 Å². The second-order valence-corrected chi connectivity index (χ2v) is 7.14. The monoisotopic (exact) mass is 346 g/mol. The van der Waals surface area contributed by atoms with Crippen molar-refractivity contribution in [2.45, 2.75) is 44.4 Å². The van der Waals surface area contributed by atoms with Crippen molar-refractivity contribution in [2.24, 2.45) is 0 Å². The number of benzene rings is 1. The Balaban J connectivity index is 1.54. The van der Waals surface area contributed by atoms with Crippen LogP contribution in [0.5, 0.6) is 0 Å². The van der Waals surface area contributed by atoms with E-state index in [0.717, 1.165) is 58.6 Å². The molecule has 0 spiro atoms. The number of hydrogen-bond acceptors (Lipinski definition) is 5. The molecule has 5 heteroatoms. The zero-order valence-corrected chi connectivity index (χ0v) is 15.2. The summed E-state index contributed by atoms with van der Waals surface area (Å²) >= 11 is 0. The van der Waals surface area contributed by atoms with E-state index < -0.39 is 0 Å². The van der Waals surface area contributed by atoms with Gasteiger partial charge in [-0.2, -0.15) is 0 Å². The fourth-order valence-electron chi connectivity index (χ4n) is 3.97. The largest absolute Gasteiger partial charge is 0.469 e. The molecule has 2 atom stereocenters. The lowest BCUT2D eigenvalue weighted by molar-refractivity contribution is -0.142. The molecule has 2 aliphatic rings. The first-order valence-electron chi connectivity index (χ1n) is 9.43. The molecule has 0 aromatic heterocycles. The van der Waals surface area contributed by atoms with Gasteiger partial charge >= 0.3 is 5.97 Å². The molecule has 2 heterocycles. The van der Waals surface area contributed by atoms with E-state index >= 15 is 0 Å². The Kier molecular flexibility index (Phi) is 6.84. The van der Waals surface area contributed by atoms with Crippen LogP contribution in [0.3, 0.4) is 0 Å². The van der Waals surface area contributed by atoms with Gasteiger partial charge in [-0.25, -0.2) is 0 Å². The van der Waals surface area contributed by atoms with E-state index in [9.17, 15) is 4.79 Å². The van der Waals surface area contributed by atoms with Gasteiger partial charge in [0.25, 0.3) is 0 Å². The van der Waals surface area contributed by atoms with Crippen molar-refractivity contribution in [1.82, 2.24) is 9.80 Å². The molecular formula is C20H30N2O3. The van der Waals surface area contributed by atoms with Crippen LogP contribution in [0, 0.1) is 0 Å². The molecule has 2 unspecified atom stereocenters. The molecule has 0 amide bonds. The molecule has 0 radical (unpaired) electrons. The van der Waals surface area contributed by atoms with Gasteiger partial charge in [0.1, 0.15) is 0 Å². The molecule has 0 aliphatic carbocycles. The van der Waals surface area contributed by atoms with Crippen molar-refractivity contribution in [3.8, 4) is 0 Å². The zero-order chi connectivity index (χ0) is 17.5. The molecule has 3 rings (SSSR count). The predicted molar refractivity (Wildman–Crippen MR) is 97.3 cm³/mol. The van der Waals surface area contributed by atoms with Gasteiger partial charge in [-0.05, 0) is 31.4 Å². The zero-order valence-electron chi connectivity index (χ0n) is 15.2. The van der Waals surface area contributed by atoms with E-state index in [4.69, 9.17) is 9.47 Å². The molecule has 2 fully saturated rings. The van der Waals surface area contributed by atoms with Gasteiger partial charge in [0.05, 0.1) is 19.6 Å². The van der Waals surface area contributed by atoms with Crippen LogP contribution in [-0.4, -0.2) is 67.8 Å². The minimum absolute atomic E-state index is 0.107. The molecule has 25 heavy (non-hydrogen) atoms. The Morgan fingerprint density at radius 2 is 2.08 bits per heavy atom. The standard InChI is InChI=1S/C20H30N2O3/c1-24-20(23)13-18-9-5-11-22(18)16-19-15-21(10-6-12-25-19)14-17-7-3-2-4-8-17/h2-4,7-8,18-19H,5-6,9-16H2,1H3. The highest BCUT2D eigenvalue weighted by Crippen LogP contribution is 2.22. The first-order chi connectivity index (χ1) is 12.2. The number of rotatable bonds is 6. The Bertz CT molecular complexity index is 537. The highest BCUT2D eigenvalue weighted by Gasteiger charge is 2.30. The summed E-state index contributed by atoms with van der Waals surface area (Å²) in [6.45, 7) is 5.80. The smallest absolute Gasteiger partial charge is 0.307 e. The quantitative estimate of drug-likeness (QED) is 0.740. The van der Waals surface area contributed by atoms with E-state index in [2.05, 4.69) is 40.1 Å². The maximum Gasteiger partial charge on any atom is 0.307 e. The van der Waals surface area contributed by atoms with E-state index in [-0.39, 0.29) is 12.1 Å². The molecule has 1 aromatic rings. The Morgan fingerprint density at radius 1 is 1.24 bits per heavy atom. The second kappa shape index (κ2) is 9.32. The molecule has 2 saturated heterocycles. The number of methoxy groups -OCH3 is 1. The molecule has 0 saturated carbocycles. The molecule has 1 aromatic carbocycles. The Labute approximate surface area is 150 Å². The van der Waals surface area contributed by atoms with Crippen molar-refractivity contribution in [3.63, 3.8) is 0 Å². The van der Waals surface area contributed by atoms with Crippen LogP contribution in [0.15, 0.2) is 30.3 Å². The molecule has 2 aliphatic heterocycles. The SMILES string of the molecule is COC(=O)CC1CCCN1CC1CN(Cc2ccccc2)CCCO1. The van der Waals surface area contributed by atoms with Gasteiger partial charge in [0.15, 0.2) is 0 Å². The van der Waals surface area contributed by atoms with Crippen LogP contribution in [-0.2, 0) is 20.8 Å². The molecule has 0 N–H and O–H groups in total. The van der Waals surface area contributed by atoms with Gasteiger partial charge in [-0.1, -0.05) is 30.3 Å². The predicted octanol–water partition coefficient (Wildman–Crippen LogP) is 2.30. The van der Waals surface area contributed by atoms with Gasteiger partial charge in [0, 0.05) is 38.8 Å². The minimum atomic E-state index is -0.107. The van der Waals surface area contributed by atoms with Crippen LogP contribution in [0.2, 0.25) is 0 Å². The van der Waals surface area contributed by atoms with E-state index in [0.29, 0.717) is 12.5 Å². The summed E-state index contributed by atoms with van der Waals surface area (Å²) in [6.07, 6.45) is 4.02. The van der Waals surface area contributed by atoms with Crippen molar-refractivity contribution in [3.05, 3.63) is 35.9 Å². The number of carbonyl (C=O) groups excluding carboxylic acids is 1. The average Bonchev–Trinajstić information content (AvgIpc) is 2.93. The Morgan fingerprint density at radius 3 is 2.88 bits per heavy atom. The summed E-state index contributed by atoms with van der Waals surface area (Å²) in [5, 5.41) is 0. The summed E-state index contributed by atoms with van der Waals surface area (Å²) < 4.78 is 11.0. The molecule has 138 valence electrons. The first kappa shape index (κ1) is 18.4. The summed E-state index contributed by atoms with van der Waals surface area (Å²) in [5.41, 5.74) is 1.35. The van der Waals surface area contributed by atoms with Crippen molar-refractivity contribution in [2.75, 3.05) is 39.9 Å². The highest BCUT2D eigenvalue weighted by molar-refractivity contribution is 5.69. The third-order valence-electron chi connectivity index (χ3n) is 5.25. The second-order valence-electron chi connectivity index (χ2n) is 7.14. The van der Waals surface area contributed by atoms with Crippen molar-refractivity contribution >= 4 is 5.97 Å². The molecule has 0 bridgehead atoms. The average molecular weight is 346 g/mol. The number of ether oxygens (including phenoxy) is 2. The molecular weight excluding hydrogens is 316 g/mol. The number of likely N-dealkylation sites (tertiary alicyclic amines) is 1.